The zero-order chi connectivity index (χ0) is 10.8. The maximum absolute atomic E-state index is 11.3. The summed E-state index contributed by atoms with van der Waals surface area (Å²) in [7, 11) is 0. The van der Waals surface area contributed by atoms with Crippen LogP contribution < -0.4 is 0 Å². The summed E-state index contributed by atoms with van der Waals surface area (Å²) >= 11 is 0. The van der Waals surface area contributed by atoms with Crippen molar-refractivity contribution in [2.24, 2.45) is 5.92 Å². The lowest BCUT2D eigenvalue weighted by Gasteiger charge is -2.12. The highest BCUT2D eigenvalue weighted by atomic mass is 16.5. The maximum Gasteiger partial charge on any atom is 0.306 e. The van der Waals surface area contributed by atoms with E-state index in [1.165, 1.54) is 0 Å². The average molecular weight is 200 g/mol. The second kappa shape index (κ2) is 9.04. The van der Waals surface area contributed by atoms with E-state index in [0.717, 1.165) is 32.1 Å². The Bertz CT molecular complexity index is 143. The van der Waals surface area contributed by atoms with E-state index in [1.54, 1.807) is 0 Å². The van der Waals surface area contributed by atoms with Crippen LogP contribution in [0.3, 0.4) is 0 Å². The number of carbonyl (C=O) groups is 1. The Hall–Kier alpha value is -0.530. The minimum Gasteiger partial charge on any atom is -0.466 e. The van der Waals surface area contributed by atoms with E-state index in [0.29, 0.717) is 18.9 Å². The summed E-state index contributed by atoms with van der Waals surface area (Å²) < 4.78 is 5.12. The molecule has 0 saturated carbocycles. The average Bonchev–Trinajstić information content (AvgIpc) is 2.17. The summed E-state index contributed by atoms with van der Waals surface area (Å²) in [5, 5.41) is 0. The molecular formula is C12H24O2. The molecule has 0 aromatic heterocycles. The van der Waals surface area contributed by atoms with Crippen LogP contribution in [0.15, 0.2) is 0 Å². The lowest BCUT2D eigenvalue weighted by atomic mass is 9.97. The van der Waals surface area contributed by atoms with E-state index in [2.05, 4.69) is 20.8 Å². The van der Waals surface area contributed by atoms with Crippen molar-refractivity contribution in [3.63, 3.8) is 0 Å². The van der Waals surface area contributed by atoms with E-state index in [9.17, 15) is 4.79 Å². The van der Waals surface area contributed by atoms with Crippen molar-refractivity contribution in [2.45, 2.75) is 59.3 Å². The van der Waals surface area contributed by atoms with Gasteiger partial charge in [0, 0.05) is 6.42 Å². The Balaban J connectivity index is 3.56. The second-order valence-corrected chi connectivity index (χ2v) is 3.84. The number of hydrogen-bond acceptors (Lipinski definition) is 2. The standard InChI is InChI=1S/C12H24O2/c1-4-7-9-14-12(13)10-11(6-3)8-5-2/h11H,4-10H2,1-3H3. The van der Waals surface area contributed by atoms with Gasteiger partial charge < -0.3 is 4.74 Å². The smallest absolute Gasteiger partial charge is 0.306 e. The highest BCUT2D eigenvalue weighted by Crippen LogP contribution is 2.15. The molecule has 14 heavy (non-hydrogen) atoms. The molecule has 0 aliphatic carbocycles. The fraction of sp³-hybridized carbons (Fsp3) is 0.917. The van der Waals surface area contributed by atoms with Gasteiger partial charge in [-0.3, -0.25) is 4.79 Å². The summed E-state index contributed by atoms with van der Waals surface area (Å²) in [6.07, 6.45) is 6.04. The lowest BCUT2D eigenvalue weighted by Crippen LogP contribution is -2.11. The fourth-order valence-corrected chi connectivity index (χ4v) is 1.48. The summed E-state index contributed by atoms with van der Waals surface area (Å²) in [4.78, 5) is 11.3. The van der Waals surface area contributed by atoms with Gasteiger partial charge in [0.1, 0.15) is 0 Å². The summed E-state index contributed by atoms with van der Waals surface area (Å²) in [5.74, 6) is 0.507. The van der Waals surface area contributed by atoms with Crippen molar-refractivity contribution < 1.29 is 9.53 Å². The Labute approximate surface area is 88.0 Å². The van der Waals surface area contributed by atoms with Gasteiger partial charge in [-0.1, -0.05) is 46.5 Å². The molecule has 84 valence electrons. The van der Waals surface area contributed by atoms with Gasteiger partial charge in [0.15, 0.2) is 0 Å². The Kier molecular flexibility index (Phi) is 8.70. The predicted molar refractivity (Wildman–Crippen MR) is 59.2 cm³/mol. The maximum atomic E-state index is 11.3. The first-order valence-corrected chi connectivity index (χ1v) is 5.90. The molecule has 0 aromatic rings. The lowest BCUT2D eigenvalue weighted by molar-refractivity contribution is -0.145. The number of rotatable bonds is 8. The van der Waals surface area contributed by atoms with Gasteiger partial charge in [0.05, 0.1) is 6.61 Å². The molecule has 0 fully saturated rings. The highest BCUT2D eigenvalue weighted by Gasteiger charge is 2.11. The molecule has 1 unspecified atom stereocenters. The van der Waals surface area contributed by atoms with Crippen LogP contribution in [0.4, 0.5) is 0 Å². The third kappa shape index (κ3) is 6.93. The first-order chi connectivity index (χ1) is 6.74. The zero-order valence-corrected chi connectivity index (χ0v) is 9.84. The van der Waals surface area contributed by atoms with Gasteiger partial charge in [-0.25, -0.2) is 0 Å². The van der Waals surface area contributed by atoms with Crippen LogP contribution in [0.1, 0.15) is 59.3 Å². The third-order valence-electron chi connectivity index (χ3n) is 2.49. The van der Waals surface area contributed by atoms with E-state index in [4.69, 9.17) is 4.74 Å². The SMILES string of the molecule is CCCCOC(=O)CC(CC)CCC. The minimum atomic E-state index is -0.0150. The molecule has 2 heteroatoms. The summed E-state index contributed by atoms with van der Waals surface area (Å²) in [5.41, 5.74) is 0. The van der Waals surface area contributed by atoms with Crippen LogP contribution in [-0.2, 0) is 9.53 Å². The van der Waals surface area contributed by atoms with Crippen molar-refractivity contribution in [1.29, 1.82) is 0 Å². The van der Waals surface area contributed by atoms with Crippen molar-refractivity contribution in [1.82, 2.24) is 0 Å². The first kappa shape index (κ1) is 13.5. The Morgan fingerprint density at radius 2 is 1.93 bits per heavy atom. The monoisotopic (exact) mass is 200 g/mol. The van der Waals surface area contributed by atoms with Gasteiger partial charge in [-0.15, -0.1) is 0 Å². The van der Waals surface area contributed by atoms with Crippen molar-refractivity contribution in [3.8, 4) is 0 Å². The van der Waals surface area contributed by atoms with Gasteiger partial charge >= 0.3 is 5.97 Å². The summed E-state index contributed by atoms with van der Waals surface area (Å²) in [6, 6.07) is 0. The van der Waals surface area contributed by atoms with Crippen LogP contribution >= 0.6 is 0 Å². The number of carbonyl (C=O) groups excluding carboxylic acids is 1. The quantitative estimate of drug-likeness (QED) is 0.442. The molecule has 1 atom stereocenters. The molecule has 0 aliphatic heterocycles. The van der Waals surface area contributed by atoms with E-state index in [1.807, 2.05) is 0 Å². The normalized spacial score (nSPS) is 12.5. The molecule has 0 aromatic carbocycles. The van der Waals surface area contributed by atoms with E-state index >= 15 is 0 Å². The molecule has 0 rings (SSSR count). The molecule has 0 N–H and O–H groups in total. The molecule has 0 amide bonds. The van der Waals surface area contributed by atoms with Crippen LogP contribution in [0.5, 0.6) is 0 Å². The molecule has 0 radical (unpaired) electrons. The predicted octanol–water partition coefficient (Wildman–Crippen LogP) is 3.55. The molecule has 0 aliphatic rings. The van der Waals surface area contributed by atoms with E-state index in [-0.39, 0.29) is 5.97 Å². The number of hydrogen-bond donors (Lipinski definition) is 0. The van der Waals surface area contributed by atoms with Crippen LogP contribution in [-0.4, -0.2) is 12.6 Å². The van der Waals surface area contributed by atoms with Gasteiger partial charge in [0.2, 0.25) is 0 Å². The summed E-state index contributed by atoms with van der Waals surface area (Å²) in [6.45, 7) is 6.99. The zero-order valence-electron chi connectivity index (χ0n) is 9.84. The van der Waals surface area contributed by atoms with Crippen molar-refractivity contribution in [3.05, 3.63) is 0 Å². The van der Waals surface area contributed by atoms with Crippen LogP contribution in [0.2, 0.25) is 0 Å². The van der Waals surface area contributed by atoms with Gasteiger partial charge in [0.25, 0.3) is 0 Å². The highest BCUT2D eigenvalue weighted by molar-refractivity contribution is 5.69. The van der Waals surface area contributed by atoms with Crippen molar-refractivity contribution in [2.75, 3.05) is 6.61 Å². The fourth-order valence-electron chi connectivity index (χ4n) is 1.48. The first-order valence-electron chi connectivity index (χ1n) is 5.90. The van der Waals surface area contributed by atoms with Crippen LogP contribution in [0.25, 0.3) is 0 Å². The Morgan fingerprint density at radius 3 is 2.43 bits per heavy atom. The molecule has 0 heterocycles. The third-order valence-corrected chi connectivity index (χ3v) is 2.49. The largest absolute Gasteiger partial charge is 0.466 e. The molecule has 2 nitrogen and oxygen atoms in total. The number of ether oxygens (including phenoxy) is 1. The molecule has 0 bridgehead atoms. The van der Waals surface area contributed by atoms with Crippen molar-refractivity contribution >= 4 is 5.97 Å². The number of unbranched alkanes of at least 4 members (excludes halogenated alkanes) is 1. The van der Waals surface area contributed by atoms with Gasteiger partial charge in [-0.05, 0) is 12.3 Å². The van der Waals surface area contributed by atoms with E-state index < -0.39 is 0 Å². The minimum absolute atomic E-state index is 0.0150. The Morgan fingerprint density at radius 1 is 1.21 bits per heavy atom. The second-order valence-electron chi connectivity index (χ2n) is 3.84. The molecule has 0 spiro atoms. The van der Waals surface area contributed by atoms with Gasteiger partial charge in [-0.2, -0.15) is 0 Å². The van der Waals surface area contributed by atoms with Crippen LogP contribution in [0, 0.1) is 5.92 Å². The molecule has 0 saturated heterocycles. The topological polar surface area (TPSA) is 26.3 Å². The molecular weight excluding hydrogens is 176 g/mol. The number of esters is 1.